The first kappa shape index (κ1) is 12.1. The maximum absolute atomic E-state index is 12.9. The van der Waals surface area contributed by atoms with Crippen molar-refractivity contribution in [2.24, 2.45) is 0 Å². The van der Waals surface area contributed by atoms with Gasteiger partial charge in [-0.25, -0.2) is 4.39 Å². The van der Waals surface area contributed by atoms with Crippen LogP contribution in [0.1, 0.15) is 20.8 Å². The molecule has 3 heteroatoms. The lowest BCUT2D eigenvalue weighted by molar-refractivity contribution is 0.112. The van der Waals surface area contributed by atoms with Crippen LogP contribution >= 0.6 is 11.3 Å². The maximum atomic E-state index is 12.9. The molecule has 1 nitrogen and oxygen atoms in total. The van der Waals surface area contributed by atoms with Crippen LogP contribution in [-0.4, -0.2) is 6.29 Å². The van der Waals surface area contributed by atoms with Crippen LogP contribution in [0.4, 0.5) is 4.39 Å². The Bertz CT molecular complexity index is 728. The summed E-state index contributed by atoms with van der Waals surface area (Å²) in [4.78, 5) is 12.3. The Labute approximate surface area is 114 Å². The van der Waals surface area contributed by atoms with Gasteiger partial charge >= 0.3 is 0 Å². The van der Waals surface area contributed by atoms with Crippen molar-refractivity contribution in [1.82, 2.24) is 0 Å². The molecule has 0 atom stereocenters. The number of halogens is 1. The quantitative estimate of drug-likeness (QED) is 0.643. The molecule has 19 heavy (non-hydrogen) atoms. The third-order valence-corrected chi connectivity index (χ3v) is 4.29. The van der Waals surface area contributed by atoms with E-state index >= 15 is 0 Å². The normalized spacial score (nSPS) is 10.8. The summed E-state index contributed by atoms with van der Waals surface area (Å²) in [5.74, 6) is -0.240. The molecule has 0 aliphatic carbocycles. The van der Waals surface area contributed by atoms with Gasteiger partial charge in [0.2, 0.25) is 0 Å². The van der Waals surface area contributed by atoms with Gasteiger partial charge in [0.1, 0.15) is 5.82 Å². The van der Waals surface area contributed by atoms with Gasteiger partial charge in [-0.2, -0.15) is 0 Å². The lowest BCUT2D eigenvalue weighted by atomic mass is 10.1. The van der Waals surface area contributed by atoms with Gasteiger partial charge in [0.15, 0.2) is 6.29 Å². The van der Waals surface area contributed by atoms with E-state index in [-0.39, 0.29) is 5.82 Å². The van der Waals surface area contributed by atoms with Crippen LogP contribution in [0, 0.1) is 5.82 Å². The number of fused-ring (bicyclic) bond motifs is 1. The lowest BCUT2D eigenvalue weighted by Gasteiger charge is -2.00. The van der Waals surface area contributed by atoms with Crippen LogP contribution in [0.3, 0.4) is 0 Å². The second-order valence-electron chi connectivity index (χ2n) is 4.36. The molecule has 94 valence electrons. The van der Waals surface area contributed by atoms with Crippen LogP contribution in [0.15, 0.2) is 48.5 Å². The van der Waals surface area contributed by atoms with Gasteiger partial charge in [0, 0.05) is 26.9 Å². The van der Waals surface area contributed by atoms with Gasteiger partial charge in [-0.15, -0.1) is 11.3 Å². The van der Waals surface area contributed by atoms with Crippen LogP contribution in [0.25, 0.3) is 10.1 Å². The van der Waals surface area contributed by atoms with Crippen molar-refractivity contribution in [2.75, 3.05) is 0 Å². The molecule has 1 heterocycles. The van der Waals surface area contributed by atoms with Gasteiger partial charge in [0.25, 0.3) is 0 Å². The molecule has 0 saturated heterocycles. The highest BCUT2D eigenvalue weighted by molar-refractivity contribution is 7.19. The third-order valence-electron chi connectivity index (χ3n) is 3.11. The van der Waals surface area contributed by atoms with E-state index in [9.17, 15) is 9.18 Å². The minimum Gasteiger partial charge on any atom is -0.298 e. The molecule has 0 aliphatic rings. The van der Waals surface area contributed by atoms with E-state index in [0.717, 1.165) is 32.4 Å². The molecule has 3 aromatic rings. The molecule has 1 aromatic heterocycles. The van der Waals surface area contributed by atoms with E-state index in [0.29, 0.717) is 6.42 Å². The number of hydrogen-bond acceptors (Lipinski definition) is 2. The van der Waals surface area contributed by atoms with E-state index < -0.39 is 0 Å². The molecule has 3 rings (SSSR count). The summed E-state index contributed by atoms with van der Waals surface area (Å²) in [5, 5.41) is 1.000. The number of benzene rings is 2. The molecular weight excluding hydrogens is 259 g/mol. The van der Waals surface area contributed by atoms with Crippen LogP contribution in [-0.2, 0) is 6.42 Å². The Balaban J connectivity index is 2.05. The Morgan fingerprint density at radius 1 is 1.05 bits per heavy atom. The van der Waals surface area contributed by atoms with Crippen molar-refractivity contribution in [3.8, 4) is 0 Å². The van der Waals surface area contributed by atoms with Gasteiger partial charge in [-0.05, 0) is 23.8 Å². The molecule has 0 unspecified atom stereocenters. The van der Waals surface area contributed by atoms with Gasteiger partial charge in [-0.1, -0.05) is 30.3 Å². The van der Waals surface area contributed by atoms with Gasteiger partial charge < -0.3 is 0 Å². The Kier molecular flexibility index (Phi) is 3.13. The molecule has 0 spiro atoms. The van der Waals surface area contributed by atoms with E-state index in [1.54, 1.807) is 23.5 Å². The summed E-state index contributed by atoms with van der Waals surface area (Å²) < 4.78 is 14.0. The smallest absolute Gasteiger partial charge is 0.151 e. The zero-order chi connectivity index (χ0) is 13.2. The minimum atomic E-state index is -0.240. The number of aldehydes is 1. The zero-order valence-corrected chi connectivity index (χ0v) is 10.9. The van der Waals surface area contributed by atoms with Crippen molar-refractivity contribution >= 4 is 27.7 Å². The Hall–Kier alpha value is -2.00. The zero-order valence-electron chi connectivity index (χ0n) is 10.1. The minimum absolute atomic E-state index is 0.240. The number of thiophene rings is 1. The van der Waals surface area contributed by atoms with Crippen molar-refractivity contribution in [3.05, 3.63) is 70.4 Å². The number of carbonyl (C=O) groups is 1. The second kappa shape index (κ2) is 4.94. The Morgan fingerprint density at radius 2 is 1.79 bits per heavy atom. The number of hydrogen-bond donors (Lipinski definition) is 0. The molecule has 0 N–H and O–H groups in total. The molecule has 0 aliphatic heterocycles. The monoisotopic (exact) mass is 270 g/mol. The van der Waals surface area contributed by atoms with Crippen LogP contribution < -0.4 is 0 Å². The topological polar surface area (TPSA) is 17.1 Å². The van der Waals surface area contributed by atoms with Gasteiger partial charge in [-0.3, -0.25) is 4.79 Å². The standard InChI is InChI=1S/C16H11FOS/c17-12-7-5-11(6-8-12)9-16-14(10-18)13-3-1-2-4-15(13)19-16/h1-8,10H,9H2. The average Bonchev–Trinajstić information content (AvgIpc) is 2.78. The predicted octanol–water partition coefficient (Wildman–Crippen LogP) is 4.44. The third kappa shape index (κ3) is 2.29. The fourth-order valence-electron chi connectivity index (χ4n) is 2.16. The molecule has 0 radical (unpaired) electrons. The van der Waals surface area contributed by atoms with E-state index in [4.69, 9.17) is 0 Å². The second-order valence-corrected chi connectivity index (χ2v) is 5.49. The van der Waals surface area contributed by atoms with Crippen molar-refractivity contribution in [3.63, 3.8) is 0 Å². The van der Waals surface area contributed by atoms with Crippen molar-refractivity contribution < 1.29 is 9.18 Å². The highest BCUT2D eigenvalue weighted by Gasteiger charge is 2.11. The largest absolute Gasteiger partial charge is 0.298 e. The first-order valence-corrected chi connectivity index (χ1v) is 6.79. The SMILES string of the molecule is O=Cc1c(Cc2ccc(F)cc2)sc2ccccc12. The van der Waals surface area contributed by atoms with Crippen LogP contribution in [0.2, 0.25) is 0 Å². The summed E-state index contributed by atoms with van der Waals surface area (Å²) in [6.07, 6.45) is 1.57. The fourth-order valence-corrected chi connectivity index (χ4v) is 3.37. The summed E-state index contributed by atoms with van der Waals surface area (Å²) >= 11 is 1.62. The molecule has 0 bridgehead atoms. The van der Waals surface area contributed by atoms with Crippen molar-refractivity contribution in [2.45, 2.75) is 6.42 Å². The Morgan fingerprint density at radius 3 is 2.53 bits per heavy atom. The number of carbonyl (C=O) groups excluding carboxylic acids is 1. The van der Waals surface area contributed by atoms with E-state index in [1.165, 1.54) is 12.1 Å². The van der Waals surface area contributed by atoms with E-state index in [1.807, 2.05) is 24.3 Å². The summed E-state index contributed by atoms with van der Waals surface area (Å²) in [7, 11) is 0. The summed E-state index contributed by atoms with van der Waals surface area (Å²) in [6, 6.07) is 14.3. The first-order valence-electron chi connectivity index (χ1n) is 5.98. The molecule has 2 aromatic carbocycles. The summed E-state index contributed by atoms with van der Waals surface area (Å²) in [5.41, 5.74) is 1.76. The maximum Gasteiger partial charge on any atom is 0.151 e. The van der Waals surface area contributed by atoms with E-state index in [2.05, 4.69) is 0 Å². The number of rotatable bonds is 3. The van der Waals surface area contributed by atoms with Gasteiger partial charge in [0.05, 0.1) is 0 Å². The van der Waals surface area contributed by atoms with Crippen molar-refractivity contribution in [1.29, 1.82) is 0 Å². The van der Waals surface area contributed by atoms with Crippen LogP contribution in [0.5, 0.6) is 0 Å². The predicted molar refractivity (Wildman–Crippen MR) is 76.4 cm³/mol. The molecular formula is C16H11FOS. The summed E-state index contributed by atoms with van der Waals surface area (Å²) in [6.45, 7) is 0. The first-order chi connectivity index (χ1) is 9.28. The molecule has 0 fully saturated rings. The average molecular weight is 270 g/mol. The fraction of sp³-hybridized carbons (Fsp3) is 0.0625. The highest BCUT2D eigenvalue weighted by Crippen LogP contribution is 2.31. The lowest BCUT2D eigenvalue weighted by Crippen LogP contribution is -1.90. The molecule has 0 amide bonds. The highest BCUT2D eigenvalue weighted by atomic mass is 32.1. The molecule has 0 saturated carbocycles.